The Morgan fingerprint density at radius 1 is 1.29 bits per heavy atom. The third-order valence-electron chi connectivity index (χ3n) is 2.86. The molecule has 0 unspecified atom stereocenters. The molecule has 0 aliphatic heterocycles. The van der Waals surface area contributed by atoms with E-state index in [1.807, 2.05) is 28.8 Å². The first-order valence-corrected chi connectivity index (χ1v) is 7.34. The van der Waals surface area contributed by atoms with Gasteiger partial charge in [0.1, 0.15) is 0 Å². The molecule has 0 aliphatic rings. The molecule has 2 rings (SSSR count). The van der Waals surface area contributed by atoms with Gasteiger partial charge in [0.2, 0.25) is 0 Å². The quantitative estimate of drug-likeness (QED) is 0.834. The predicted octanol–water partition coefficient (Wildman–Crippen LogP) is 1.86. The van der Waals surface area contributed by atoms with Gasteiger partial charge >= 0.3 is 0 Å². The van der Waals surface area contributed by atoms with Crippen LogP contribution in [0, 0.1) is 0 Å². The molecule has 5 heteroatoms. The molecule has 0 bridgehead atoms. The van der Waals surface area contributed by atoms with Crippen LogP contribution in [0.15, 0.2) is 30.6 Å². The fraction of sp³-hybridized carbons (Fsp3) is 0.417. The molecule has 1 aromatic carbocycles. The van der Waals surface area contributed by atoms with Crippen molar-refractivity contribution in [3.63, 3.8) is 0 Å². The van der Waals surface area contributed by atoms with Crippen LogP contribution in [0.5, 0.6) is 0 Å². The van der Waals surface area contributed by atoms with Crippen molar-refractivity contribution in [2.75, 3.05) is 5.75 Å². The number of aryl methyl sites for hydroxylation is 1. The van der Waals surface area contributed by atoms with E-state index < -0.39 is 9.84 Å². The van der Waals surface area contributed by atoms with E-state index in [4.69, 9.17) is 0 Å². The minimum Gasteiger partial charge on any atom is -0.330 e. The molecule has 92 valence electrons. The highest BCUT2D eigenvalue weighted by Crippen LogP contribution is 2.12. The molecule has 2 aromatic rings. The molecule has 0 saturated heterocycles. The summed E-state index contributed by atoms with van der Waals surface area (Å²) in [6.45, 7) is 3.88. The van der Waals surface area contributed by atoms with Gasteiger partial charge in [0.15, 0.2) is 9.84 Å². The van der Waals surface area contributed by atoms with Crippen LogP contribution in [0.1, 0.15) is 13.8 Å². The van der Waals surface area contributed by atoms with Gasteiger partial charge in [-0.1, -0.05) is 12.1 Å². The molecule has 1 heterocycles. The number of fused-ring (bicyclic) bond motifs is 1. The Morgan fingerprint density at radius 3 is 2.71 bits per heavy atom. The lowest BCUT2D eigenvalue weighted by atomic mass is 10.3. The smallest absolute Gasteiger partial charge is 0.154 e. The summed E-state index contributed by atoms with van der Waals surface area (Å²) in [7, 11) is -2.99. The zero-order chi connectivity index (χ0) is 12.5. The Hall–Kier alpha value is -1.36. The second-order valence-electron chi connectivity index (χ2n) is 4.34. The minimum absolute atomic E-state index is 0.158. The average molecular weight is 252 g/mol. The number of para-hydroxylation sites is 2. The third-order valence-corrected chi connectivity index (χ3v) is 5.05. The molecule has 0 atom stereocenters. The number of hydrogen-bond acceptors (Lipinski definition) is 3. The highest BCUT2D eigenvalue weighted by atomic mass is 32.2. The Balaban J connectivity index is 2.20. The van der Waals surface area contributed by atoms with Gasteiger partial charge in [-0.05, 0) is 26.0 Å². The first-order chi connectivity index (χ1) is 8.00. The largest absolute Gasteiger partial charge is 0.330 e. The van der Waals surface area contributed by atoms with Crippen molar-refractivity contribution in [3.05, 3.63) is 30.6 Å². The predicted molar refractivity (Wildman–Crippen MR) is 68.7 cm³/mol. The van der Waals surface area contributed by atoms with Gasteiger partial charge in [-0.2, -0.15) is 0 Å². The van der Waals surface area contributed by atoms with E-state index in [9.17, 15) is 8.42 Å². The van der Waals surface area contributed by atoms with Crippen molar-refractivity contribution in [3.8, 4) is 0 Å². The SMILES string of the molecule is CC(C)S(=O)(=O)CCn1cnc2ccccc21. The Bertz CT molecular complexity index is 614. The van der Waals surface area contributed by atoms with Crippen LogP contribution in [0.4, 0.5) is 0 Å². The second kappa shape index (κ2) is 4.49. The zero-order valence-corrected chi connectivity index (χ0v) is 10.8. The van der Waals surface area contributed by atoms with Gasteiger partial charge in [-0.3, -0.25) is 0 Å². The van der Waals surface area contributed by atoms with Crippen LogP contribution in [0.25, 0.3) is 11.0 Å². The van der Waals surface area contributed by atoms with Gasteiger partial charge in [0, 0.05) is 6.54 Å². The van der Waals surface area contributed by atoms with Gasteiger partial charge in [-0.25, -0.2) is 13.4 Å². The number of hydrogen-bond donors (Lipinski definition) is 0. The maximum atomic E-state index is 11.7. The number of aromatic nitrogens is 2. The maximum Gasteiger partial charge on any atom is 0.154 e. The normalized spacial score (nSPS) is 12.4. The van der Waals surface area contributed by atoms with Gasteiger partial charge in [-0.15, -0.1) is 0 Å². The molecular formula is C12H16N2O2S. The van der Waals surface area contributed by atoms with Crippen LogP contribution in [0.2, 0.25) is 0 Å². The van der Waals surface area contributed by atoms with Crippen LogP contribution in [-0.2, 0) is 16.4 Å². The highest BCUT2D eigenvalue weighted by molar-refractivity contribution is 7.91. The number of sulfone groups is 1. The number of rotatable bonds is 4. The molecule has 0 N–H and O–H groups in total. The van der Waals surface area contributed by atoms with Crippen molar-refractivity contribution in [2.45, 2.75) is 25.6 Å². The van der Waals surface area contributed by atoms with Crippen molar-refractivity contribution >= 4 is 20.9 Å². The number of benzene rings is 1. The molecule has 0 fully saturated rings. The molecule has 0 amide bonds. The summed E-state index contributed by atoms with van der Waals surface area (Å²) in [4.78, 5) is 4.23. The fourth-order valence-electron chi connectivity index (χ4n) is 1.65. The lowest BCUT2D eigenvalue weighted by molar-refractivity contribution is 0.581. The third kappa shape index (κ3) is 2.49. The molecular weight excluding hydrogens is 236 g/mol. The summed E-state index contributed by atoms with van der Waals surface area (Å²) < 4.78 is 25.3. The monoisotopic (exact) mass is 252 g/mol. The second-order valence-corrected chi connectivity index (χ2v) is 7.02. The van der Waals surface area contributed by atoms with Crippen LogP contribution < -0.4 is 0 Å². The summed E-state index contributed by atoms with van der Waals surface area (Å²) in [6, 6.07) is 7.72. The van der Waals surface area contributed by atoms with E-state index in [1.165, 1.54) is 0 Å². The fourth-order valence-corrected chi connectivity index (χ4v) is 2.57. The van der Waals surface area contributed by atoms with Crippen molar-refractivity contribution < 1.29 is 8.42 Å². The van der Waals surface area contributed by atoms with Gasteiger partial charge in [0.25, 0.3) is 0 Å². The van der Waals surface area contributed by atoms with Crippen LogP contribution in [-0.4, -0.2) is 29.0 Å². The molecule has 0 radical (unpaired) electrons. The summed E-state index contributed by atoms with van der Waals surface area (Å²) in [5, 5.41) is -0.322. The average Bonchev–Trinajstić information content (AvgIpc) is 2.69. The lowest BCUT2D eigenvalue weighted by Gasteiger charge is -2.08. The van der Waals surface area contributed by atoms with Crippen molar-refractivity contribution in [1.82, 2.24) is 9.55 Å². The highest BCUT2D eigenvalue weighted by Gasteiger charge is 2.16. The Kier molecular flexibility index (Phi) is 3.19. The van der Waals surface area contributed by atoms with Crippen LogP contribution >= 0.6 is 0 Å². The Morgan fingerprint density at radius 2 is 2.00 bits per heavy atom. The molecule has 17 heavy (non-hydrogen) atoms. The molecule has 0 spiro atoms. The topological polar surface area (TPSA) is 52.0 Å². The van der Waals surface area contributed by atoms with E-state index in [2.05, 4.69) is 4.98 Å². The summed E-state index contributed by atoms with van der Waals surface area (Å²) in [5.74, 6) is 0.158. The van der Waals surface area contributed by atoms with E-state index in [1.54, 1.807) is 20.2 Å². The molecule has 4 nitrogen and oxygen atoms in total. The molecule has 1 aromatic heterocycles. The zero-order valence-electron chi connectivity index (χ0n) is 10.00. The Labute approximate surface area is 101 Å². The van der Waals surface area contributed by atoms with Gasteiger partial charge in [0.05, 0.1) is 28.4 Å². The van der Waals surface area contributed by atoms with Crippen molar-refractivity contribution in [1.29, 1.82) is 0 Å². The number of nitrogens with zero attached hydrogens (tertiary/aromatic N) is 2. The first-order valence-electron chi connectivity index (χ1n) is 5.62. The van der Waals surface area contributed by atoms with E-state index in [-0.39, 0.29) is 11.0 Å². The van der Waals surface area contributed by atoms with E-state index in [0.717, 1.165) is 11.0 Å². The van der Waals surface area contributed by atoms with Crippen LogP contribution in [0.3, 0.4) is 0 Å². The standard InChI is InChI=1S/C12H16N2O2S/c1-10(2)17(15,16)8-7-14-9-13-11-5-3-4-6-12(11)14/h3-6,9-10H,7-8H2,1-2H3. The summed E-state index contributed by atoms with van der Waals surface area (Å²) in [6.07, 6.45) is 1.69. The van der Waals surface area contributed by atoms with Gasteiger partial charge < -0.3 is 4.57 Å². The van der Waals surface area contributed by atoms with E-state index in [0.29, 0.717) is 6.54 Å². The molecule has 0 saturated carbocycles. The summed E-state index contributed by atoms with van der Waals surface area (Å²) >= 11 is 0. The van der Waals surface area contributed by atoms with E-state index >= 15 is 0 Å². The molecule has 0 aliphatic carbocycles. The van der Waals surface area contributed by atoms with Crippen molar-refractivity contribution in [2.24, 2.45) is 0 Å². The first kappa shape index (κ1) is 12.1. The lowest BCUT2D eigenvalue weighted by Crippen LogP contribution is -2.20. The minimum atomic E-state index is -2.99. The number of imidazole rings is 1. The summed E-state index contributed by atoms with van der Waals surface area (Å²) in [5.41, 5.74) is 1.88. The maximum absolute atomic E-state index is 11.7.